The molecule has 7 heteroatoms. The van der Waals surface area contributed by atoms with E-state index in [1.54, 1.807) is 19.1 Å². The number of nitrogens with zero attached hydrogens (tertiary/aromatic N) is 2. The molecule has 1 aromatic carbocycles. The van der Waals surface area contributed by atoms with Gasteiger partial charge >= 0.3 is 0 Å². The van der Waals surface area contributed by atoms with Crippen molar-refractivity contribution in [2.75, 3.05) is 6.54 Å². The van der Waals surface area contributed by atoms with Crippen LogP contribution in [0.15, 0.2) is 33.9 Å². The van der Waals surface area contributed by atoms with E-state index in [1.807, 2.05) is 19.1 Å². The Morgan fingerprint density at radius 1 is 1.48 bits per heavy atom. The number of hydrogen-bond donors (Lipinski definition) is 1. The molecule has 0 unspecified atom stereocenters. The fourth-order valence-electron chi connectivity index (χ4n) is 1.59. The largest absolute Gasteiger partial charge is 0.411 e. The lowest BCUT2D eigenvalue weighted by Gasteiger charge is -2.08. The molecular formula is C14H16ClN3O2S. The number of carbonyl (C=O) groups excluding carboxylic acids is 1. The molecule has 0 radical (unpaired) electrons. The van der Waals surface area contributed by atoms with E-state index in [9.17, 15) is 4.79 Å². The van der Waals surface area contributed by atoms with Crippen molar-refractivity contribution in [2.45, 2.75) is 30.7 Å². The highest BCUT2D eigenvalue weighted by Crippen LogP contribution is 2.27. The Kier molecular flexibility index (Phi) is 5.64. The quantitative estimate of drug-likeness (QED) is 0.824. The van der Waals surface area contributed by atoms with Gasteiger partial charge in [-0.1, -0.05) is 36.4 Å². The van der Waals surface area contributed by atoms with Crippen LogP contribution in [0, 0.1) is 0 Å². The zero-order valence-electron chi connectivity index (χ0n) is 11.8. The van der Waals surface area contributed by atoms with Crippen molar-refractivity contribution in [3.05, 3.63) is 29.3 Å². The molecule has 0 aliphatic carbocycles. The van der Waals surface area contributed by atoms with Crippen molar-refractivity contribution in [3.63, 3.8) is 0 Å². The molecule has 0 aliphatic rings. The van der Waals surface area contributed by atoms with Gasteiger partial charge in [-0.2, -0.15) is 0 Å². The van der Waals surface area contributed by atoms with Crippen LogP contribution >= 0.6 is 23.4 Å². The zero-order chi connectivity index (χ0) is 15.2. The molecule has 21 heavy (non-hydrogen) atoms. The molecule has 2 rings (SSSR count). The molecule has 1 amide bonds. The highest BCUT2D eigenvalue weighted by molar-refractivity contribution is 8.00. The van der Waals surface area contributed by atoms with Gasteiger partial charge in [-0.3, -0.25) is 4.79 Å². The van der Waals surface area contributed by atoms with Gasteiger partial charge in [-0.05, 0) is 31.5 Å². The first-order valence-electron chi connectivity index (χ1n) is 6.64. The molecule has 1 heterocycles. The maximum absolute atomic E-state index is 11.8. The van der Waals surface area contributed by atoms with Crippen LogP contribution in [0.25, 0.3) is 11.5 Å². The van der Waals surface area contributed by atoms with Gasteiger partial charge in [0.25, 0.3) is 5.22 Å². The molecule has 0 saturated heterocycles. The van der Waals surface area contributed by atoms with Crippen LogP contribution in [0.2, 0.25) is 5.02 Å². The van der Waals surface area contributed by atoms with Gasteiger partial charge in [-0.15, -0.1) is 10.2 Å². The Labute approximate surface area is 132 Å². The Morgan fingerprint density at radius 3 is 3.00 bits per heavy atom. The van der Waals surface area contributed by atoms with E-state index in [2.05, 4.69) is 15.5 Å². The number of thioether (sulfide) groups is 1. The van der Waals surface area contributed by atoms with Crippen LogP contribution < -0.4 is 5.32 Å². The van der Waals surface area contributed by atoms with Crippen LogP contribution in [0.1, 0.15) is 20.3 Å². The first-order chi connectivity index (χ1) is 10.1. The maximum atomic E-state index is 11.8. The summed E-state index contributed by atoms with van der Waals surface area (Å²) in [6.45, 7) is 4.48. The van der Waals surface area contributed by atoms with Gasteiger partial charge in [0.05, 0.1) is 5.25 Å². The van der Waals surface area contributed by atoms with Gasteiger partial charge in [0.1, 0.15) is 0 Å². The number of aromatic nitrogens is 2. The molecule has 0 aliphatic heterocycles. The van der Waals surface area contributed by atoms with Crippen LogP contribution in [-0.4, -0.2) is 27.9 Å². The summed E-state index contributed by atoms with van der Waals surface area (Å²) in [6, 6.07) is 7.18. The molecule has 1 atom stereocenters. The van der Waals surface area contributed by atoms with Crippen molar-refractivity contribution < 1.29 is 9.21 Å². The number of benzene rings is 1. The van der Waals surface area contributed by atoms with E-state index in [-0.39, 0.29) is 11.2 Å². The normalized spacial score (nSPS) is 12.1. The predicted molar refractivity (Wildman–Crippen MR) is 83.4 cm³/mol. The van der Waals surface area contributed by atoms with Gasteiger partial charge in [0.15, 0.2) is 0 Å². The van der Waals surface area contributed by atoms with Crippen LogP contribution in [0.4, 0.5) is 0 Å². The van der Waals surface area contributed by atoms with Crippen molar-refractivity contribution in [3.8, 4) is 11.5 Å². The number of amides is 1. The summed E-state index contributed by atoms with van der Waals surface area (Å²) in [5.41, 5.74) is 0.755. The van der Waals surface area contributed by atoms with Crippen LogP contribution in [-0.2, 0) is 4.79 Å². The first-order valence-corrected chi connectivity index (χ1v) is 7.89. The second-order valence-corrected chi connectivity index (χ2v) is 6.16. The molecule has 0 fully saturated rings. The van der Waals surface area contributed by atoms with E-state index in [1.165, 1.54) is 11.8 Å². The molecule has 0 bridgehead atoms. The summed E-state index contributed by atoms with van der Waals surface area (Å²) in [4.78, 5) is 11.8. The minimum Gasteiger partial charge on any atom is -0.411 e. The lowest BCUT2D eigenvalue weighted by Crippen LogP contribution is -2.31. The molecule has 1 N–H and O–H groups in total. The number of carbonyl (C=O) groups is 1. The highest BCUT2D eigenvalue weighted by atomic mass is 35.5. The van der Waals surface area contributed by atoms with Crippen molar-refractivity contribution in [1.82, 2.24) is 15.5 Å². The molecule has 112 valence electrons. The van der Waals surface area contributed by atoms with Gasteiger partial charge in [0.2, 0.25) is 11.8 Å². The predicted octanol–water partition coefficient (Wildman–Crippen LogP) is 3.40. The van der Waals surface area contributed by atoms with Gasteiger partial charge < -0.3 is 9.73 Å². The summed E-state index contributed by atoms with van der Waals surface area (Å²) < 4.78 is 5.55. The van der Waals surface area contributed by atoms with Crippen LogP contribution in [0.5, 0.6) is 0 Å². The Morgan fingerprint density at radius 2 is 2.29 bits per heavy atom. The Balaban J connectivity index is 2.01. The van der Waals surface area contributed by atoms with E-state index in [0.717, 1.165) is 12.0 Å². The van der Waals surface area contributed by atoms with Crippen molar-refractivity contribution >= 4 is 29.3 Å². The third-order valence-corrected chi connectivity index (χ3v) is 3.84. The number of nitrogens with one attached hydrogen (secondary N) is 1. The Hall–Kier alpha value is -1.53. The fraction of sp³-hybridized carbons (Fsp3) is 0.357. The average Bonchev–Trinajstić information content (AvgIpc) is 2.93. The van der Waals surface area contributed by atoms with E-state index >= 15 is 0 Å². The molecule has 5 nitrogen and oxygen atoms in total. The summed E-state index contributed by atoms with van der Waals surface area (Å²) in [5, 5.41) is 11.4. The van der Waals surface area contributed by atoms with E-state index in [4.69, 9.17) is 16.0 Å². The van der Waals surface area contributed by atoms with Crippen molar-refractivity contribution in [1.29, 1.82) is 0 Å². The first kappa shape index (κ1) is 15.9. The van der Waals surface area contributed by atoms with E-state index in [0.29, 0.717) is 22.7 Å². The van der Waals surface area contributed by atoms with E-state index < -0.39 is 0 Å². The molecule has 0 saturated carbocycles. The minimum absolute atomic E-state index is 0.0376. The highest BCUT2D eigenvalue weighted by Gasteiger charge is 2.18. The number of rotatable bonds is 6. The molecule has 2 aromatic rings. The monoisotopic (exact) mass is 325 g/mol. The average molecular weight is 326 g/mol. The zero-order valence-corrected chi connectivity index (χ0v) is 13.4. The summed E-state index contributed by atoms with van der Waals surface area (Å²) in [7, 11) is 0. The third kappa shape index (κ3) is 4.47. The Bertz CT molecular complexity index is 618. The van der Waals surface area contributed by atoms with Gasteiger partial charge in [-0.25, -0.2) is 0 Å². The third-order valence-electron chi connectivity index (χ3n) is 2.67. The summed E-state index contributed by atoms with van der Waals surface area (Å²) in [5.74, 6) is 0.352. The molecule has 1 aromatic heterocycles. The SMILES string of the molecule is CCCNC(=O)[C@H](C)Sc1nnc(-c2cccc(Cl)c2)o1. The minimum atomic E-state index is -0.288. The molecule has 0 spiro atoms. The van der Waals surface area contributed by atoms with Crippen LogP contribution in [0.3, 0.4) is 0 Å². The number of halogens is 1. The van der Waals surface area contributed by atoms with Gasteiger partial charge in [0, 0.05) is 17.1 Å². The smallest absolute Gasteiger partial charge is 0.277 e. The van der Waals surface area contributed by atoms with Crippen molar-refractivity contribution in [2.24, 2.45) is 0 Å². The summed E-state index contributed by atoms with van der Waals surface area (Å²) in [6.07, 6.45) is 0.905. The fourth-order valence-corrected chi connectivity index (χ4v) is 2.49. The lowest BCUT2D eigenvalue weighted by molar-refractivity contribution is -0.120. The summed E-state index contributed by atoms with van der Waals surface area (Å²) >= 11 is 7.16. The molecular weight excluding hydrogens is 310 g/mol. The number of hydrogen-bond acceptors (Lipinski definition) is 5. The standard InChI is InChI=1S/C14H16ClN3O2S/c1-3-7-16-12(19)9(2)21-14-18-17-13(20-14)10-5-4-6-11(15)8-10/h4-6,8-9H,3,7H2,1-2H3,(H,16,19)/t9-/m0/s1. The maximum Gasteiger partial charge on any atom is 0.277 e. The lowest BCUT2D eigenvalue weighted by atomic mass is 10.2. The second-order valence-electron chi connectivity index (χ2n) is 4.43. The second kappa shape index (κ2) is 7.47. The topological polar surface area (TPSA) is 68.0 Å².